The summed E-state index contributed by atoms with van der Waals surface area (Å²) in [6.07, 6.45) is 0. The minimum atomic E-state index is -0.468. The van der Waals surface area contributed by atoms with Crippen molar-refractivity contribution in [3.8, 4) is 5.75 Å². The van der Waals surface area contributed by atoms with Gasteiger partial charge in [-0.25, -0.2) is 9.18 Å². The van der Waals surface area contributed by atoms with Gasteiger partial charge in [-0.1, -0.05) is 12.1 Å². The Kier molecular flexibility index (Phi) is 4.57. The van der Waals surface area contributed by atoms with E-state index in [1.54, 1.807) is 31.2 Å². The van der Waals surface area contributed by atoms with Crippen LogP contribution in [0.1, 0.15) is 21.7 Å². The van der Waals surface area contributed by atoms with E-state index in [9.17, 15) is 9.18 Å². The van der Waals surface area contributed by atoms with Gasteiger partial charge in [0.2, 0.25) is 0 Å². The Morgan fingerprint density at radius 1 is 1.29 bits per heavy atom. The summed E-state index contributed by atoms with van der Waals surface area (Å²) in [5, 5.41) is 0.608. The summed E-state index contributed by atoms with van der Waals surface area (Å²) in [4.78, 5) is 11.9. The molecule has 1 heterocycles. The fraction of sp³-hybridized carbons (Fsp3) is 0.167. The summed E-state index contributed by atoms with van der Waals surface area (Å²) in [6, 6.07) is 9.63. The fourth-order valence-corrected chi connectivity index (χ4v) is 2.91. The van der Waals surface area contributed by atoms with Crippen molar-refractivity contribution in [2.45, 2.75) is 13.5 Å². The molecular weight excluding hydrogens is 379 g/mol. The quantitative estimate of drug-likeness (QED) is 0.585. The monoisotopic (exact) mass is 392 g/mol. The number of fused-ring (bicyclic) bond motifs is 1. The number of hydrogen-bond donors (Lipinski definition) is 0. The van der Waals surface area contributed by atoms with Crippen molar-refractivity contribution < 1.29 is 23.1 Å². The maximum atomic E-state index is 13.2. The average Bonchev–Trinajstić information content (AvgIpc) is 2.86. The van der Waals surface area contributed by atoms with E-state index < -0.39 is 5.97 Å². The number of esters is 1. The van der Waals surface area contributed by atoms with Crippen LogP contribution in [0.25, 0.3) is 11.0 Å². The van der Waals surface area contributed by atoms with Crippen LogP contribution in [0.15, 0.2) is 45.3 Å². The largest absolute Gasteiger partial charge is 0.488 e. The molecule has 24 heavy (non-hydrogen) atoms. The Labute approximate surface area is 146 Å². The summed E-state index contributed by atoms with van der Waals surface area (Å²) < 4.78 is 30.1. The van der Waals surface area contributed by atoms with Gasteiger partial charge in [0.15, 0.2) is 0 Å². The number of aryl methyl sites for hydroxylation is 1. The van der Waals surface area contributed by atoms with E-state index in [1.807, 2.05) is 0 Å². The van der Waals surface area contributed by atoms with Crippen molar-refractivity contribution in [3.63, 3.8) is 0 Å². The molecule has 0 bridgehead atoms. The molecular formula is C18H14BrFO4. The minimum absolute atomic E-state index is 0.201. The van der Waals surface area contributed by atoms with Crippen LogP contribution in [-0.2, 0) is 11.3 Å². The normalized spacial score (nSPS) is 10.8. The highest BCUT2D eigenvalue weighted by molar-refractivity contribution is 9.10. The third-order valence-corrected chi connectivity index (χ3v) is 4.21. The Morgan fingerprint density at radius 3 is 2.79 bits per heavy atom. The fourth-order valence-electron chi connectivity index (χ4n) is 2.47. The molecule has 1 aromatic heterocycles. The molecule has 0 saturated carbocycles. The van der Waals surface area contributed by atoms with Crippen LogP contribution in [0.2, 0.25) is 0 Å². The van der Waals surface area contributed by atoms with Crippen LogP contribution in [0.4, 0.5) is 4.39 Å². The molecule has 0 aliphatic rings. The van der Waals surface area contributed by atoms with Gasteiger partial charge in [-0.15, -0.1) is 0 Å². The lowest BCUT2D eigenvalue weighted by Crippen LogP contribution is -2.02. The lowest BCUT2D eigenvalue weighted by atomic mass is 10.1. The van der Waals surface area contributed by atoms with E-state index >= 15 is 0 Å². The van der Waals surface area contributed by atoms with Gasteiger partial charge < -0.3 is 13.9 Å². The highest BCUT2D eigenvalue weighted by atomic mass is 79.9. The second-order valence-electron chi connectivity index (χ2n) is 5.22. The van der Waals surface area contributed by atoms with Gasteiger partial charge in [-0.2, -0.15) is 0 Å². The van der Waals surface area contributed by atoms with Crippen LogP contribution >= 0.6 is 15.9 Å². The molecule has 0 aliphatic heterocycles. The Balaban J connectivity index is 1.96. The molecule has 0 aliphatic carbocycles. The Hall–Kier alpha value is -2.34. The van der Waals surface area contributed by atoms with Gasteiger partial charge in [0.05, 0.1) is 11.6 Å². The first kappa shape index (κ1) is 16.5. The Bertz CT molecular complexity index is 917. The summed E-state index contributed by atoms with van der Waals surface area (Å²) >= 11 is 3.42. The third-order valence-electron chi connectivity index (χ3n) is 3.59. The zero-order valence-corrected chi connectivity index (χ0v) is 14.6. The van der Waals surface area contributed by atoms with Crippen molar-refractivity contribution in [2.24, 2.45) is 0 Å². The van der Waals surface area contributed by atoms with E-state index in [-0.39, 0.29) is 12.4 Å². The van der Waals surface area contributed by atoms with Gasteiger partial charge in [-0.05, 0) is 52.7 Å². The molecule has 3 rings (SSSR count). The number of hydrogen-bond acceptors (Lipinski definition) is 4. The number of carbonyl (C=O) groups is 1. The topological polar surface area (TPSA) is 48.7 Å². The summed E-state index contributed by atoms with van der Waals surface area (Å²) in [6.45, 7) is 1.90. The third kappa shape index (κ3) is 3.14. The van der Waals surface area contributed by atoms with Gasteiger partial charge in [0, 0.05) is 5.39 Å². The van der Waals surface area contributed by atoms with E-state index in [2.05, 4.69) is 15.9 Å². The maximum absolute atomic E-state index is 13.2. The zero-order valence-electron chi connectivity index (χ0n) is 13.1. The van der Waals surface area contributed by atoms with Crippen LogP contribution in [0.5, 0.6) is 5.75 Å². The second kappa shape index (κ2) is 6.65. The van der Waals surface area contributed by atoms with Gasteiger partial charge in [0.25, 0.3) is 0 Å². The molecule has 124 valence electrons. The first-order valence-corrected chi connectivity index (χ1v) is 7.97. The van der Waals surface area contributed by atoms with Crippen molar-refractivity contribution in [1.82, 2.24) is 0 Å². The predicted octanol–water partition coefficient (Wildman–Crippen LogP) is 5.01. The molecule has 0 saturated heterocycles. The lowest BCUT2D eigenvalue weighted by Gasteiger charge is -2.09. The molecule has 0 N–H and O–H groups in total. The van der Waals surface area contributed by atoms with E-state index in [4.69, 9.17) is 13.9 Å². The molecule has 4 nitrogen and oxygen atoms in total. The highest BCUT2D eigenvalue weighted by Crippen LogP contribution is 2.35. The van der Waals surface area contributed by atoms with Crippen molar-refractivity contribution in [3.05, 3.63) is 63.6 Å². The Morgan fingerprint density at radius 2 is 2.08 bits per heavy atom. The standard InChI is InChI=1S/C18H14BrFO4/c1-10-17(18(21)22-2)13-7-16(14(19)8-15(13)24-10)23-9-11-4-3-5-12(20)6-11/h3-8H,9H2,1-2H3. The summed E-state index contributed by atoms with van der Waals surface area (Å²) in [5.41, 5.74) is 1.63. The molecule has 0 fully saturated rings. The van der Waals surface area contributed by atoms with E-state index in [0.717, 1.165) is 0 Å². The molecule has 3 aromatic rings. The van der Waals surface area contributed by atoms with Crippen molar-refractivity contribution in [2.75, 3.05) is 7.11 Å². The SMILES string of the molecule is COC(=O)c1c(C)oc2cc(Br)c(OCc3cccc(F)c3)cc12. The van der Waals surface area contributed by atoms with Crippen LogP contribution in [0.3, 0.4) is 0 Å². The maximum Gasteiger partial charge on any atom is 0.342 e. The average molecular weight is 393 g/mol. The van der Waals surface area contributed by atoms with Crippen molar-refractivity contribution >= 4 is 32.9 Å². The first-order chi connectivity index (χ1) is 11.5. The first-order valence-electron chi connectivity index (χ1n) is 7.18. The predicted molar refractivity (Wildman–Crippen MR) is 90.7 cm³/mol. The molecule has 0 unspecified atom stereocenters. The second-order valence-corrected chi connectivity index (χ2v) is 6.08. The molecule has 0 radical (unpaired) electrons. The highest BCUT2D eigenvalue weighted by Gasteiger charge is 2.20. The van der Waals surface area contributed by atoms with E-state index in [1.165, 1.54) is 19.2 Å². The lowest BCUT2D eigenvalue weighted by molar-refractivity contribution is 0.0600. The number of carbonyl (C=O) groups excluding carboxylic acids is 1. The zero-order chi connectivity index (χ0) is 17.3. The molecule has 0 atom stereocenters. The summed E-state index contributed by atoms with van der Waals surface area (Å²) in [5.74, 6) is 0.220. The van der Waals surface area contributed by atoms with Crippen LogP contribution < -0.4 is 4.74 Å². The van der Waals surface area contributed by atoms with Crippen LogP contribution in [0, 0.1) is 12.7 Å². The number of ether oxygens (including phenoxy) is 2. The molecule has 0 amide bonds. The number of methoxy groups -OCH3 is 1. The number of halogens is 2. The molecule has 6 heteroatoms. The molecule has 0 spiro atoms. The summed E-state index contributed by atoms with van der Waals surface area (Å²) in [7, 11) is 1.32. The smallest absolute Gasteiger partial charge is 0.342 e. The van der Waals surface area contributed by atoms with Gasteiger partial charge in [0.1, 0.15) is 35.1 Å². The molecule has 2 aromatic carbocycles. The number of furan rings is 1. The number of rotatable bonds is 4. The van der Waals surface area contributed by atoms with Gasteiger partial charge >= 0.3 is 5.97 Å². The van der Waals surface area contributed by atoms with Crippen molar-refractivity contribution in [1.29, 1.82) is 0 Å². The minimum Gasteiger partial charge on any atom is -0.488 e. The number of benzene rings is 2. The van der Waals surface area contributed by atoms with Gasteiger partial charge in [-0.3, -0.25) is 0 Å². The van der Waals surface area contributed by atoms with E-state index in [0.29, 0.717) is 38.1 Å². The van der Waals surface area contributed by atoms with Crippen LogP contribution in [-0.4, -0.2) is 13.1 Å².